The van der Waals surface area contributed by atoms with E-state index >= 15 is 0 Å². The first-order valence-electron chi connectivity index (χ1n) is 9.96. The zero-order chi connectivity index (χ0) is 20.1. The minimum absolute atomic E-state index is 0.0558. The van der Waals surface area contributed by atoms with Crippen molar-refractivity contribution >= 4 is 11.6 Å². The predicted molar refractivity (Wildman–Crippen MR) is 110 cm³/mol. The summed E-state index contributed by atoms with van der Waals surface area (Å²) in [7, 11) is 0. The Hall–Kier alpha value is -2.43. The van der Waals surface area contributed by atoms with Gasteiger partial charge in [-0.25, -0.2) is 8.78 Å². The molecule has 0 aliphatic carbocycles. The number of hydrogen-bond acceptors (Lipinski definition) is 2. The summed E-state index contributed by atoms with van der Waals surface area (Å²) in [4.78, 5) is 16.5. The zero-order valence-electron chi connectivity index (χ0n) is 16.6. The molecule has 1 heterocycles. The Morgan fingerprint density at radius 1 is 1.00 bits per heavy atom. The number of hydrogen-bond donors (Lipinski definition) is 0. The molecule has 0 saturated carbocycles. The van der Waals surface area contributed by atoms with Gasteiger partial charge in [-0.1, -0.05) is 50.2 Å². The lowest BCUT2D eigenvalue weighted by atomic mass is 9.99. The van der Waals surface area contributed by atoms with E-state index in [-0.39, 0.29) is 11.5 Å². The summed E-state index contributed by atoms with van der Waals surface area (Å²) in [5.41, 5.74) is 2.43. The van der Waals surface area contributed by atoms with Crippen molar-refractivity contribution in [3.8, 4) is 11.1 Å². The standard InChI is InChI=1S/C23H28F2N2O/c1-17(2)10-11-22(28)27-14-12-26(13-15-27)19-7-5-6-18(16-19)20-8-3-4-9-21(20)23(24)25/h3-9,16-17,23H,10-15H2,1-2H3. The number of amides is 1. The van der Waals surface area contributed by atoms with Crippen LogP contribution in [-0.2, 0) is 4.79 Å². The molecule has 0 atom stereocenters. The molecule has 2 aromatic carbocycles. The van der Waals surface area contributed by atoms with Crippen LogP contribution in [0.4, 0.5) is 14.5 Å². The van der Waals surface area contributed by atoms with Gasteiger partial charge in [0.15, 0.2) is 0 Å². The lowest BCUT2D eigenvalue weighted by molar-refractivity contribution is -0.131. The molecule has 0 unspecified atom stereocenters. The normalized spacial score (nSPS) is 14.8. The Bertz CT molecular complexity index is 799. The van der Waals surface area contributed by atoms with E-state index in [2.05, 4.69) is 18.7 Å². The summed E-state index contributed by atoms with van der Waals surface area (Å²) in [6, 6.07) is 14.4. The van der Waals surface area contributed by atoms with E-state index in [0.717, 1.165) is 30.8 Å². The molecule has 3 rings (SSSR count). The number of alkyl halides is 2. The van der Waals surface area contributed by atoms with Crippen LogP contribution in [0.5, 0.6) is 0 Å². The maximum absolute atomic E-state index is 13.4. The van der Waals surface area contributed by atoms with Crippen LogP contribution in [0.1, 0.15) is 38.7 Å². The SMILES string of the molecule is CC(C)CCC(=O)N1CCN(c2cccc(-c3ccccc3C(F)F)c2)CC1. The van der Waals surface area contributed by atoms with Gasteiger partial charge in [-0.05, 0) is 35.6 Å². The van der Waals surface area contributed by atoms with Crippen LogP contribution in [0.2, 0.25) is 0 Å². The molecule has 1 aliphatic rings. The molecule has 1 fully saturated rings. The van der Waals surface area contributed by atoms with Gasteiger partial charge in [0.25, 0.3) is 6.43 Å². The maximum Gasteiger partial charge on any atom is 0.264 e. The number of carbonyl (C=O) groups is 1. The highest BCUT2D eigenvalue weighted by molar-refractivity contribution is 5.77. The number of rotatable bonds is 6. The highest BCUT2D eigenvalue weighted by Gasteiger charge is 2.22. The van der Waals surface area contributed by atoms with Crippen molar-refractivity contribution in [3.05, 3.63) is 54.1 Å². The van der Waals surface area contributed by atoms with Gasteiger partial charge in [0, 0.05) is 43.9 Å². The van der Waals surface area contributed by atoms with E-state index in [1.807, 2.05) is 29.2 Å². The lowest BCUT2D eigenvalue weighted by Crippen LogP contribution is -2.48. The van der Waals surface area contributed by atoms with E-state index in [1.165, 1.54) is 6.07 Å². The molecule has 5 heteroatoms. The third kappa shape index (κ3) is 4.89. The highest BCUT2D eigenvalue weighted by atomic mass is 19.3. The van der Waals surface area contributed by atoms with Gasteiger partial charge in [0.05, 0.1) is 0 Å². The summed E-state index contributed by atoms with van der Waals surface area (Å²) in [6.45, 7) is 7.18. The monoisotopic (exact) mass is 386 g/mol. The van der Waals surface area contributed by atoms with Crippen molar-refractivity contribution in [2.75, 3.05) is 31.1 Å². The van der Waals surface area contributed by atoms with Gasteiger partial charge in [-0.2, -0.15) is 0 Å². The van der Waals surface area contributed by atoms with E-state index < -0.39 is 6.43 Å². The Kier molecular flexibility index (Phi) is 6.65. The average molecular weight is 386 g/mol. The highest BCUT2D eigenvalue weighted by Crippen LogP contribution is 2.33. The van der Waals surface area contributed by atoms with E-state index in [1.54, 1.807) is 18.2 Å². The third-order valence-corrected chi connectivity index (χ3v) is 5.29. The molecule has 28 heavy (non-hydrogen) atoms. The number of halogens is 2. The number of nitrogens with zero attached hydrogens (tertiary/aromatic N) is 2. The summed E-state index contributed by atoms with van der Waals surface area (Å²) in [6.07, 6.45) is -0.970. The molecule has 150 valence electrons. The molecular formula is C23H28F2N2O. The lowest BCUT2D eigenvalue weighted by Gasteiger charge is -2.36. The van der Waals surface area contributed by atoms with Gasteiger partial charge in [0.1, 0.15) is 0 Å². The molecule has 0 aromatic heterocycles. The van der Waals surface area contributed by atoms with Crippen LogP contribution in [-0.4, -0.2) is 37.0 Å². The van der Waals surface area contributed by atoms with Gasteiger partial charge in [0.2, 0.25) is 5.91 Å². The topological polar surface area (TPSA) is 23.6 Å². The van der Waals surface area contributed by atoms with Crippen molar-refractivity contribution in [2.45, 2.75) is 33.1 Å². The van der Waals surface area contributed by atoms with E-state index in [0.29, 0.717) is 31.0 Å². The zero-order valence-corrected chi connectivity index (χ0v) is 16.6. The van der Waals surface area contributed by atoms with Crippen molar-refractivity contribution in [2.24, 2.45) is 5.92 Å². The Morgan fingerprint density at radius 3 is 2.39 bits per heavy atom. The first kappa shape index (κ1) is 20.3. The number of carbonyl (C=O) groups excluding carboxylic acids is 1. The van der Waals surface area contributed by atoms with Gasteiger partial charge in [-0.15, -0.1) is 0 Å². The van der Waals surface area contributed by atoms with Crippen LogP contribution in [0.15, 0.2) is 48.5 Å². The molecule has 2 aromatic rings. The average Bonchev–Trinajstić information content (AvgIpc) is 2.72. The molecule has 1 saturated heterocycles. The van der Waals surface area contributed by atoms with Crippen LogP contribution in [0.3, 0.4) is 0 Å². The molecule has 1 aliphatic heterocycles. The van der Waals surface area contributed by atoms with E-state index in [4.69, 9.17) is 0 Å². The molecule has 0 radical (unpaired) electrons. The smallest absolute Gasteiger partial charge is 0.264 e. The summed E-state index contributed by atoms with van der Waals surface area (Å²) in [5.74, 6) is 0.761. The van der Waals surface area contributed by atoms with Crippen LogP contribution >= 0.6 is 0 Å². The molecule has 0 spiro atoms. The first-order valence-corrected chi connectivity index (χ1v) is 9.96. The summed E-state index contributed by atoms with van der Waals surface area (Å²) >= 11 is 0. The van der Waals surface area contributed by atoms with E-state index in [9.17, 15) is 13.6 Å². The van der Waals surface area contributed by atoms with Crippen molar-refractivity contribution in [1.29, 1.82) is 0 Å². The fraction of sp³-hybridized carbons (Fsp3) is 0.435. The second-order valence-electron chi connectivity index (χ2n) is 7.74. The maximum atomic E-state index is 13.4. The quantitative estimate of drug-likeness (QED) is 0.666. The third-order valence-electron chi connectivity index (χ3n) is 5.29. The minimum atomic E-state index is -2.50. The van der Waals surface area contributed by atoms with Crippen molar-refractivity contribution < 1.29 is 13.6 Å². The first-order chi connectivity index (χ1) is 13.5. The molecule has 3 nitrogen and oxygen atoms in total. The minimum Gasteiger partial charge on any atom is -0.368 e. The molecular weight excluding hydrogens is 358 g/mol. The predicted octanol–water partition coefficient (Wildman–Crippen LogP) is 5.38. The molecule has 0 N–H and O–H groups in total. The van der Waals surface area contributed by atoms with Crippen LogP contribution in [0.25, 0.3) is 11.1 Å². The second kappa shape index (κ2) is 9.18. The molecule has 1 amide bonds. The Balaban J connectivity index is 1.69. The van der Waals surface area contributed by atoms with Crippen LogP contribution in [0, 0.1) is 5.92 Å². The van der Waals surface area contributed by atoms with Crippen LogP contribution < -0.4 is 4.90 Å². The van der Waals surface area contributed by atoms with Gasteiger partial charge < -0.3 is 9.80 Å². The second-order valence-corrected chi connectivity index (χ2v) is 7.74. The Labute approximate surface area is 166 Å². The number of benzene rings is 2. The Morgan fingerprint density at radius 2 is 1.71 bits per heavy atom. The summed E-state index contributed by atoms with van der Waals surface area (Å²) in [5, 5.41) is 0. The van der Waals surface area contributed by atoms with Crippen molar-refractivity contribution in [3.63, 3.8) is 0 Å². The fourth-order valence-corrected chi connectivity index (χ4v) is 3.60. The number of anilines is 1. The fourth-order valence-electron chi connectivity index (χ4n) is 3.60. The molecule has 0 bridgehead atoms. The van der Waals surface area contributed by atoms with Gasteiger partial charge >= 0.3 is 0 Å². The van der Waals surface area contributed by atoms with Crippen molar-refractivity contribution in [1.82, 2.24) is 4.90 Å². The summed E-state index contributed by atoms with van der Waals surface area (Å²) < 4.78 is 26.7. The largest absolute Gasteiger partial charge is 0.368 e. The number of piperazine rings is 1. The van der Waals surface area contributed by atoms with Gasteiger partial charge in [-0.3, -0.25) is 4.79 Å².